The van der Waals surface area contributed by atoms with Gasteiger partial charge in [-0.15, -0.1) is 0 Å². The van der Waals surface area contributed by atoms with Gasteiger partial charge in [0.1, 0.15) is 5.69 Å². The molecular weight excluding hydrogens is 336 g/mol. The molecule has 27 heavy (non-hydrogen) atoms. The summed E-state index contributed by atoms with van der Waals surface area (Å²) in [5.74, 6) is 0.517. The van der Waals surface area contributed by atoms with Gasteiger partial charge in [-0.3, -0.25) is 4.79 Å². The molecule has 1 atom stereocenters. The zero-order valence-electron chi connectivity index (χ0n) is 16.9. The van der Waals surface area contributed by atoms with Gasteiger partial charge in [-0.2, -0.15) is 0 Å². The first-order chi connectivity index (χ1) is 13.0. The van der Waals surface area contributed by atoms with Gasteiger partial charge in [0, 0.05) is 24.0 Å². The van der Waals surface area contributed by atoms with Crippen molar-refractivity contribution in [3.63, 3.8) is 0 Å². The van der Waals surface area contributed by atoms with Gasteiger partial charge in [0.25, 0.3) is 5.91 Å². The van der Waals surface area contributed by atoms with Gasteiger partial charge in [-0.05, 0) is 63.1 Å². The highest BCUT2D eigenvalue weighted by molar-refractivity contribution is 6.04. The van der Waals surface area contributed by atoms with E-state index in [1.807, 2.05) is 26.0 Å². The lowest BCUT2D eigenvalue weighted by molar-refractivity contribution is 0.102. The number of nitrogens with zero attached hydrogens (tertiary/aromatic N) is 3. The number of aryl methyl sites for hydroxylation is 3. The van der Waals surface area contributed by atoms with Crippen LogP contribution in [0.25, 0.3) is 0 Å². The fraction of sp³-hybridized carbons (Fsp3) is 0.500. The summed E-state index contributed by atoms with van der Waals surface area (Å²) in [4.78, 5) is 24.5. The third kappa shape index (κ3) is 4.29. The summed E-state index contributed by atoms with van der Waals surface area (Å²) in [6.07, 6.45) is 5.51. The molecular formula is C22H30N4O. The van der Waals surface area contributed by atoms with Crippen LogP contribution in [0.2, 0.25) is 0 Å². The van der Waals surface area contributed by atoms with Gasteiger partial charge in [-0.25, -0.2) is 9.97 Å². The molecule has 1 amide bonds. The first kappa shape index (κ1) is 19.3. The van der Waals surface area contributed by atoms with Crippen molar-refractivity contribution < 1.29 is 4.79 Å². The summed E-state index contributed by atoms with van der Waals surface area (Å²) in [6.45, 7) is 9.21. The molecule has 1 aliphatic heterocycles. The number of hydrogen-bond donors (Lipinski definition) is 1. The van der Waals surface area contributed by atoms with Crippen molar-refractivity contribution in [2.45, 2.75) is 65.8 Å². The lowest BCUT2D eigenvalue weighted by Crippen LogP contribution is -2.40. The number of anilines is 2. The number of carbonyl (C=O) groups excluding carboxylic acids is 1. The Morgan fingerprint density at radius 2 is 2.04 bits per heavy atom. The number of carbonyl (C=O) groups is 1. The largest absolute Gasteiger partial charge is 0.338 e. The molecule has 0 radical (unpaired) electrons. The highest BCUT2D eigenvalue weighted by Gasteiger charge is 2.24. The van der Waals surface area contributed by atoms with Crippen LogP contribution in [0.4, 0.5) is 11.6 Å². The topological polar surface area (TPSA) is 58.1 Å². The molecule has 1 N–H and O–H groups in total. The minimum absolute atomic E-state index is 0.171. The Morgan fingerprint density at radius 3 is 2.78 bits per heavy atom. The predicted octanol–water partition coefficient (Wildman–Crippen LogP) is 4.68. The molecule has 0 bridgehead atoms. The minimum Gasteiger partial charge on any atom is -0.338 e. The molecule has 0 saturated carbocycles. The van der Waals surface area contributed by atoms with Crippen molar-refractivity contribution in [3.05, 3.63) is 46.8 Å². The van der Waals surface area contributed by atoms with E-state index in [2.05, 4.69) is 40.1 Å². The zero-order valence-corrected chi connectivity index (χ0v) is 16.9. The van der Waals surface area contributed by atoms with Crippen LogP contribution in [0.15, 0.2) is 24.3 Å². The van der Waals surface area contributed by atoms with Gasteiger partial charge in [0.2, 0.25) is 5.95 Å². The molecule has 5 heteroatoms. The predicted molar refractivity (Wildman–Crippen MR) is 111 cm³/mol. The Morgan fingerprint density at radius 1 is 1.22 bits per heavy atom. The highest BCUT2D eigenvalue weighted by Crippen LogP contribution is 2.25. The summed E-state index contributed by atoms with van der Waals surface area (Å²) in [6, 6.07) is 8.33. The van der Waals surface area contributed by atoms with Crippen LogP contribution in [0.1, 0.15) is 66.8 Å². The standard InChI is InChI=1S/C22H30N4O/c1-5-17-11-9-10-15(3)20(17)25-21(27)19-14-16(4)23-22(24-19)26-13-8-7-12-18(26)6-2/h9-11,14,18H,5-8,12-13H2,1-4H3,(H,25,27). The summed E-state index contributed by atoms with van der Waals surface area (Å²) in [7, 11) is 0. The third-order valence-corrected chi connectivity index (χ3v) is 5.41. The third-order valence-electron chi connectivity index (χ3n) is 5.41. The van der Waals surface area contributed by atoms with Crippen LogP contribution >= 0.6 is 0 Å². The normalized spacial score (nSPS) is 17.0. The molecule has 1 aliphatic rings. The SMILES string of the molecule is CCc1cccc(C)c1NC(=O)c1cc(C)nc(N2CCCCC2CC)n1. The van der Waals surface area contributed by atoms with Crippen LogP contribution in [0.5, 0.6) is 0 Å². The fourth-order valence-corrected chi connectivity index (χ4v) is 3.87. The number of aromatic nitrogens is 2. The molecule has 1 aromatic heterocycles. The minimum atomic E-state index is -0.171. The summed E-state index contributed by atoms with van der Waals surface area (Å²) < 4.78 is 0. The number of hydrogen-bond acceptors (Lipinski definition) is 4. The fourth-order valence-electron chi connectivity index (χ4n) is 3.87. The lowest BCUT2D eigenvalue weighted by atomic mass is 10.0. The molecule has 1 aromatic carbocycles. The first-order valence-electron chi connectivity index (χ1n) is 10.1. The van der Waals surface area contributed by atoms with Gasteiger partial charge in [0.15, 0.2) is 0 Å². The van der Waals surface area contributed by atoms with Crippen molar-refractivity contribution in [1.82, 2.24) is 9.97 Å². The molecule has 144 valence electrons. The molecule has 1 fully saturated rings. The van der Waals surface area contributed by atoms with Crippen LogP contribution in [-0.2, 0) is 6.42 Å². The second-order valence-electron chi connectivity index (χ2n) is 7.36. The van der Waals surface area contributed by atoms with Gasteiger partial charge < -0.3 is 10.2 Å². The zero-order chi connectivity index (χ0) is 19.4. The van der Waals surface area contributed by atoms with E-state index < -0.39 is 0 Å². The maximum Gasteiger partial charge on any atom is 0.274 e. The van der Waals surface area contributed by atoms with Crippen LogP contribution in [0, 0.1) is 13.8 Å². The Balaban J connectivity index is 1.89. The van der Waals surface area contributed by atoms with E-state index in [1.54, 1.807) is 6.07 Å². The Labute approximate surface area is 162 Å². The van der Waals surface area contributed by atoms with E-state index in [0.29, 0.717) is 17.7 Å². The maximum atomic E-state index is 13.0. The van der Waals surface area contributed by atoms with E-state index >= 15 is 0 Å². The van der Waals surface area contributed by atoms with Crippen LogP contribution in [0.3, 0.4) is 0 Å². The quantitative estimate of drug-likeness (QED) is 0.835. The molecule has 2 aromatic rings. The van der Waals surface area contributed by atoms with Crippen molar-refractivity contribution in [1.29, 1.82) is 0 Å². The Bertz CT molecular complexity index is 818. The van der Waals surface area contributed by atoms with E-state index in [9.17, 15) is 4.79 Å². The van der Waals surface area contributed by atoms with Gasteiger partial charge >= 0.3 is 0 Å². The van der Waals surface area contributed by atoms with Crippen molar-refractivity contribution in [2.24, 2.45) is 0 Å². The molecule has 0 aliphatic carbocycles. The van der Waals surface area contributed by atoms with Crippen LogP contribution in [-0.4, -0.2) is 28.5 Å². The first-order valence-corrected chi connectivity index (χ1v) is 10.1. The molecule has 1 saturated heterocycles. The lowest BCUT2D eigenvalue weighted by Gasteiger charge is -2.35. The molecule has 5 nitrogen and oxygen atoms in total. The summed E-state index contributed by atoms with van der Waals surface area (Å²) >= 11 is 0. The molecule has 2 heterocycles. The second kappa shape index (κ2) is 8.51. The number of rotatable bonds is 5. The van der Waals surface area contributed by atoms with Gasteiger partial charge in [0.05, 0.1) is 0 Å². The van der Waals surface area contributed by atoms with Crippen LogP contribution < -0.4 is 10.2 Å². The van der Waals surface area contributed by atoms with E-state index in [-0.39, 0.29) is 5.91 Å². The van der Waals surface area contributed by atoms with Crippen molar-refractivity contribution in [3.8, 4) is 0 Å². The number of piperidine rings is 1. The van der Waals surface area contributed by atoms with Gasteiger partial charge in [-0.1, -0.05) is 32.0 Å². The van der Waals surface area contributed by atoms with E-state index in [1.165, 1.54) is 12.8 Å². The number of nitrogens with one attached hydrogen (secondary N) is 1. The van der Waals surface area contributed by atoms with E-state index in [4.69, 9.17) is 0 Å². The monoisotopic (exact) mass is 366 g/mol. The Kier molecular flexibility index (Phi) is 6.09. The maximum absolute atomic E-state index is 13.0. The number of para-hydroxylation sites is 1. The highest BCUT2D eigenvalue weighted by atomic mass is 16.1. The van der Waals surface area contributed by atoms with Crippen molar-refractivity contribution >= 4 is 17.5 Å². The molecule has 0 spiro atoms. The second-order valence-corrected chi connectivity index (χ2v) is 7.36. The number of benzene rings is 1. The number of amides is 1. The molecule has 3 rings (SSSR count). The average molecular weight is 367 g/mol. The average Bonchev–Trinajstić information content (AvgIpc) is 2.68. The van der Waals surface area contributed by atoms with E-state index in [0.717, 1.165) is 48.3 Å². The summed E-state index contributed by atoms with van der Waals surface area (Å²) in [5.41, 5.74) is 4.36. The Hall–Kier alpha value is -2.43. The molecule has 1 unspecified atom stereocenters. The summed E-state index contributed by atoms with van der Waals surface area (Å²) in [5, 5.41) is 3.08. The smallest absolute Gasteiger partial charge is 0.274 e. The van der Waals surface area contributed by atoms with Crippen molar-refractivity contribution in [2.75, 3.05) is 16.8 Å².